The summed E-state index contributed by atoms with van der Waals surface area (Å²) in [4.78, 5) is 0. The maximum absolute atomic E-state index is 6.16. The van der Waals surface area contributed by atoms with Gasteiger partial charge in [0.2, 0.25) is 0 Å². The molecule has 0 saturated carbocycles. The lowest BCUT2D eigenvalue weighted by atomic mass is 9.71. The molecule has 0 aromatic carbocycles. The van der Waals surface area contributed by atoms with Crippen molar-refractivity contribution >= 4 is 19.5 Å². The first kappa shape index (κ1) is 17.2. The molecule has 17 heavy (non-hydrogen) atoms. The quantitative estimate of drug-likeness (QED) is 0.779. The predicted octanol–water partition coefficient (Wildman–Crippen LogP) is 2.80. The zero-order chi connectivity index (χ0) is 12.8. The van der Waals surface area contributed by atoms with Crippen LogP contribution in [0.3, 0.4) is 0 Å². The van der Waals surface area contributed by atoms with Crippen LogP contribution in [-0.4, -0.2) is 24.3 Å². The number of nitrogens with two attached hydrogens (primary N) is 1. The molecule has 1 atom stereocenters. The summed E-state index contributed by atoms with van der Waals surface area (Å²) in [6.45, 7) is 14.7. The minimum absolute atomic E-state index is 0. The Morgan fingerprint density at radius 3 is 1.71 bits per heavy atom. The van der Waals surface area contributed by atoms with Crippen molar-refractivity contribution in [3.05, 3.63) is 0 Å². The van der Waals surface area contributed by atoms with Gasteiger partial charge in [0, 0.05) is 5.94 Å². The Morgan fingerprint density at radius 1 is 1.06 bits per heavy atom. The average Bonchev–Trinajstić information content (AvgIpc) is 2.17. The van der Waals surface area contributed by atoms with Crippen LogP contribution in [0.4, 0.5) is 0 Å². The van der Waals surface area contributed by atoms with Crippen LogP contribution < -0.4 is 5.73 Å². The normalized spacial score (nSPS) is 24.4. The lowest BCUT2D eigenvalue weighted by Crippen LogP contribution is -2.43. The van der Waals surface area contributed by atoms with E-state index < -0.39 is 0 Å². The maximum atomic E-state index is 6.16. The van der Waals surface area contributed by atoms with Gasteiger partial charge in [-0.2, -0.15) is 0 Å². The number of hydrogen-bond acceptors (Lipinski definition) is 3. The van der Waals surface area contributed by atoms with E-state index >= 15 is 0 Å². The number of rotatable bonds is 2. The third-order valence-corrected chi connectivity index (χ3v) is 3.47. The molecular formula is C12H27BClNO2. The Morgan fingerprint density at radius 2 is 1.41 bits per heavy atom. The van der Waals surface area contributed by atoms with Gasteiger partial charge in [-0.1, -0.05) is 20.8 Å². The molecule has 0 amide bonds. The Kier molecular flexibility index (Phi) is 5.15. The second kappa shape index (κ2) is 5.08. The first-order chi connectivity index (χ1) is 6.95. The largest absolute Gasteiger partial charge is 0.475 e. The molecule has 0 aromatic heterocycles. The third kappa shape index (κ3) is 4.13. The summed E-state index contributed by atoms with van der Waals surface area (Å²) in [6, 6.07) is 0. The molecule has 3 nitrogen and oxygen atoms in total. The molecule has 1 rings (SSSR count). The molecule has 0 spiro atoms. The molecule has 0 radical (unpaired) electrons. The van der Waals surface area contributed by atoms with E-state index in [1.165, 1.54) is 0 Å². The number of hydrogen-bond donors (Lipinski definition) is 1. The SMILES string of the molecule is CC(C)(C)CC(N)B1OC(C)(C)C(C)(C)O1.Cl. The molecular weight excluding hydrogens is 236 g/mol. The maximum Gasteiger partial charge on any atom is 0.475 e. The van der Waals surface area contributed by atoms with Crippen LogP contribution in [0.5, 0.6) is 0 Å². The van der Waals surface area contributed by atoms with Gasteiger partial charge in [0.05, 0.1) is 11.2 Å². The Labute approximate surface area is 112 Å². The third-order valence-electron chi connectivity index (χ3n) is 3.47. The van der Waals surface area contributed by atoms with Gasteiger partial charge in [-0.3, -0.25) is 0 Å². The van der Waals surface area contributed by atoms with Crippen LogP contribution in [0.25, 0.3) is 0 Å². The van der Waals surface area contributed by atoms with Gasteiger partial charge in [0.1, 0.15) is 0 Å². The van der Waals surface area contributed by atoms with Crippen LogP contribution in [0.2, 0.25) is 0 Å². The highest BCUT2D eigenvalue weighted by Crippen LogP contribution is 2.38. The van der Waals surface area contributed by atoms with E-state index in [-0.39, 0.29) is 42.1 Å². The fraction of sp³-hybridized carbons (Fsp3) is 1.00. The molecule has 102 valence electrons. The van der Waals surface area contributed by atoms with Crippen molar-refractivity contribution in [1.29, 1.82) is 0 Å². The summed E-state index contributed by atoms with van der Waals surface area (Å²) in [5, 5.41) is 0. The van der Waals surface area contributed by atoms with Gasteiger partial charge in [-0.25, -0.2) is 0 Å². The van der Waals surface area contributed by atoms with Crippen molar-refractivity contribution in [1.82, 2.24) is 0 Å². The Balaban J connectivity index is 0.00000256. The van der Waals surface area contributed by atoms with E-state index in [1.807, 2.05) is 0 Å². The van der Waals surface area contributed by atoms with E-state index in [9.17, 15) is 0 Å². The molecule has 5 heteroatoms. The summed E-state index contributed by atoms with van der Waals surface area (Å²) in [7, 11) is -0.288. The van der Waals surface area contributed by atoms with Gasteiger partial charge in [0.15, 0.2) is 0 Å². The van der Waals surface area contributed by atoms with Crippen molar-refractivity contribution in [2.45, 2.75) is 72.0 Å². The van der Waals surface area contributed by atoms with Crippen molar-refractivity contribution < 1.29 is 9.31 Å². The van der Waals surface area contributed by atoms with Crippen LogP contribution in [0, 0.1) is 5.41 Å². The van der Waals surface area contributed by atoms with E-state index in [2.05, 4.69) is 48.5 Å². The van der Waals surface area contributed by atoms with Crippen LogP contribution in [0.15, 0.2) is 0 Å². The highest BCUT2D eigenvalue weighted by Gasteiger charge is 2.53. The second-order valence-electron chi connectivity index (χ2n) is 7.05. The lowest BCUT2D eigenvalue weighted by molar-refractivity contribution is 0.00578. The van der Waals surface area contributed by atoms with Crippen LogP contribution >= 0.6 is 12.4 Å². The van der Waals surface area contributed by atoms with Gasteiger partial charge in [0.25, 0.3) is 0 Å². The van der Waals surface area contributed by atoms with Gasteiger partial charge in [-0.05, 0) is 39.5 Å². The molecule has 2 N–H and O–H groups in total. The zero-order valence-corrected chi connectivity index (χ0v) is 13.0. The van der Waals surface area contributed by atoms with E-state index in [0.717, 1.165) is 6.42 Å². The highest BCUT2D eigenvalue weighted by atomic mass is 35.5. The summed E-state index contributed by atoms with van der Waals surface area (Å²) in [6.07, 6.45) is 0.893. The van der Waals surface area contributed by atoms with Crippen LogP contribution in [0.1, 0.15) is 54.9 Å². The minimum Gasteiger partial charge on any atom is -0.402 e. The van der Waals surface area contributed by atoms with Crippen LogP contribution in [-0.2, 0) is 9.31 Å². The van der Waals surface area contributed by atoms with Gasteiger partial charge < -0.3 is 15.0 Å². The van der Waals surface area contributed by atoms with Crippen molar-refractivity contribution in [3.63, 3.8) is 0 Å². The van der Waals surface area contributed by atoms with Crippen molar-refractivity contribution in [2.24, 2.45) is 11.1 Å². The standard InChI is InChI=1S/C12H26BNO2.ClH/c1-10(2,3)8-9(14)13-15-11(4,5)12(6,7)16-13;/h9H,8,14H2,1-7H3;1H. The number of halogens is 1. The topological polar surface area (TPSA) is 44.5 Å². The molecule has 0 aliphatic carbocycles. The smallest absolute Gasteiger partial charge is 0.402 e. The molecule has 1 aliphatic rings. The van der Waals surface area contributed by atoms with Crippen molar-refractivity contribution in [2.75, 3.05) is 0 Å². The van der Waals surface area contributed by atoms with E-state index in [1.54, 1.807) is 0 Å². The molecule has 1 aliphatic heterocycles. The van der Waals surface area contributed by atoms with Crippen molar-refractivity contribution in [3.8, 4) is 0 Å². The molecule has 1 fully saturated rings. The van der Waals surface area contributed by atoms with E-state index in [4.69, 9.17) is 15.0 Å². The molecule has 1 heterocycles. The summed E-state index contributed by atoms with van der Waals surface area (Å²) in [5.74, 6) is -0.0685. The first-order valence-corrected chi connectivity index (χ1v) is 6.06. The summed E-state index contributed by atoms with van der Waals surface area (Å²) < 4.78 is 11.8. The van der Waals surface area contributed by atoms with Gasteiger partial charge in [-0.15, -0.1) is 12.4 Å². The fourth-order valence-corrected chi connectivity index (χ4v) is 1.87. The molecule has 0 aromatic rings. The molecule has 1 unspecified atom stereocenters. The van der Waals surface area contributed by atoms with E-state index in [0.29, 0.717) is 0 Å². The summed E-state index contributed by atoms with van der Waals surface area (Å²) >= 11 is 0. The average molecular weight is 264 g/mol. The fourth-order valence-electron chi connectivity index (χ4n) is 1.87. The lowest BCUT2D eigenvalue weighted by Gasteiger charge is -2.32. The molecule has 0 bridgehead atoms. The minimum atomic E-state index is -0.288. The predicted molar refractivity (Wildman–Crippen MR) is 75.4 cm³/mol. The monoisotopic (exact) mass is 263 g/mol. The first-order valence-electron chi connectivity index (χ1n) is 6.06. The Hall–Kier alpha value is 0.235. The van der Waals surface area contributed by atoms with Gasteiger partial charge >= 0.3 is 7.12 Å². The summed E-state index contributed by atoms with van der Waals surface area (Å²) in [5.41, 5.74) is 5.79. The highest BCUT2D eigenvalue weighted by molar-refractivity contribution is 6.47. The Bertz CT molecular complexity index is 248. The zero-order valence-electron chi connectivity index (χ0n) is 12.2. The second-order valence-corrected chi connectivity index (χ2v) is 7.05. The molecule has 1 saturated heterocycles.